The predicted molar refractivity (Wildman–Crippen MR) is 89.6 cm³/mol. The van der Waals surface area contributed by atoms with Gasteiger partial charge in [0.2, 0.25) is 0 Å². The highest BCUT2D eigenvalue weighted by Gasteiger charge is 1.88. The molecule has 0 amide bonds. The lowest BCUT2D eigenvalue weighted by atomic mass is 10.1. The molecular formula is C19H34. The second-order valence-corrected chi connectivity index (χ2v) is 5.20. The molecule has 0 bridgehead atoms. The van der Waals surface area contributed by atoms with Crippen LogP contribution in [0, 0.1) is 0 Å². The average Bonchev–Trinajstić information content (AvgIpc) is 2.43. The summed E-state index contributed by atoms with van der Waals surface area (Å²) >= 11 is 0. The standard InChI is InChI=1S/C19H34/c1-3-5-7-9-11-13-15-17-19-18-16-14-12-10-8-6-4-2/h5,7,11,13,17,19H,3-4,6,8-10,12,14-16,18H2,1-2H3. The minimum Gasteiger partial charge on any atom is -0.0885 e. The van der Waals surface area contributed by atoms with E-state index in [2.05, 4.69) is 50.3 Å². The van der Waals surface area contributed by atoms with E-state index in [4.69, 9.17) is 0 Å². The Morgan fingerprint density at radius 3 is 1.68 bits per heavy atom. The highest BCUT2D eigenvalue weighted by Crippen LogP contribution is 2.08. The van der Waals surface area contributed by atoms with Gasteiger partial charge in [0.05, 0.1) is 0 Å². The molecule has 0 heterocycles. The van der Waals surface area contributed by atoms with Crippen molar-refractivity contribution in [3.63, 3.8) is 0 Å². The van der Waals surface area contributed by atoms with Gasteiger partial charge in [-0.3, -0.25) is 0 Å². The summed E-state index contributed by atoms with van der Waals surface area (Å²) in [5.41, 5.74) is 0. The lowest BCUT2D eigenvalue weighted by Crippen LogP contribution is -1.78. The Morgan fingerprint density at radius 2 is 1.05 bits per heavy atom. The fraction of sp³-hybridized carbons (Fsp3) is 0.684. The van der Waals surface area contributed by atoms with Crippen molar-refractivity contribution >= 4 is 0 Å². The molecule has 0 atom stereocenters. The third-order valence-electron chi connectivity index (χ3n) is 3.25. The van der Waals surface area contributed by atoms with E-state index < -0.39 is 0 Å². The zero-order valence-corrected chi connectivity index (χ0v) is 13.2. The summed E-state index contributed by atoms with van der Waals surface area (Å²) in [6.07, 6.45) is 28.0. The Bertz CT molecular complexity index is 232. The van der Waals surface area contributed by atoms with Crippen LogP contribution >= 0.6 is 0 Å². The highest BCUT2D eigenvalue weighted by molar-refractivity contribution is 4.96. The first kappa shape index (κ1) is 18.2. The minimum atomic E-state index is 1.08. The Kier molecular flexibility index (Phi) is 16.5. The maximum Gasteiger partial charge on any atom is -0.0169 e. The Hall–Kier alpha value is -0.780. The molecule has 0 N–H and O–H groups in total. The Morgan fingerprint density at radius 1 is 0.526 bits per heavy atom. The largest absolute Gasteiger partial charge is 0.0885 e. The molecule has 0 rings (SSSR count). The second-order valence-electron chi connectivity index (χ2n) is 5.20. The average molecular weight is 262 g/mol. The van der Waals surface area contributed by atoms with Gasteiger partial charge in [-0.25, -0.2) is 0 Å². The van der Waals surface area contributed by atoms with E-state index in [1.165, 1.54) is 51.4 Å². The second kappa shape index (κ2) is 17.2. The summed E-state index contributed by atoms with van der Waals surface area (Å²) in [5, 5.41) is 0. The Balaban J connectivity index is 3.19. The van der Waals surface area contributed by atoms with E-state index >= 15 is 0 Å². The molecule has 0 heteroatoms. The van der Waals surface area contributed by atoms with E-state index in [0.717, 1.165) is 19.3 Å². The number of hydrogen-bond donors (Lipinski definition) is 0. The molecule has 0 unspecified atom stereocenters. The summed E-state index contributed by atoms with van der Waals surface area (Å²) < 4.78 is 0. The molecule has 0 aliphatic rings. The molecule has 0 fully saturated rings. The van der Waals surface area contributed by atoms with Gasteiger partial charge in [-0.2, -0.15) is 0 Å². The SMILES string of the molecule is CCC=CCC=CCC=CCCCCCCCCC. The zero-order valence-electron chi connectivity index (χ0n) is 13.2. The van der Waals surface area contributed by atoms with Crippen LogP contribution in [0.1, 0.15) is 84.5 Å². The van der Waals surface area contributed by atoms with Gasteiger partial charge in [0.25, 0.3) is 0 Å². The van der Waals surface area contributed by atoms with Crippen molar-refractivity contribution in [3.05, 3.63) is 36.5 Å². The topological polar surface area (TPSA) is 0 Å². The van der Waals surface area contributed by atoms with Crippen molar-refractivity contribution in [2.24, 2.45) is 0 Å². The van der Waals surface area contributed by atoms with Gasteiger partial charge in [0.1, 0.15) is 0 Å². The van der Waals surface area contributed by atoms with Crippen LogP contribution in [0.2, 0.25) is 0 Å². The molecule has 110 valence electrons. The maximum absolute atomic E-state index is 2.35. The fourth-order valence-electron chi connectivity index (χ4n) is 2.05. The van der Waals surface area contributed by atoms with Crippen LogP contribution in [0.15, 0.2) is 36.5 Å². The van der Waals surface area contributed by atoms with E-state index in [0.29, 0.717) is 0 Å². The highest BCUT2D eigenvalue weighted by atomic mass is 13.9. The van der Waals surface area contributed by atoms with Crippen LogP contribution in [0.3, 0.4) is 0 Å². The van der Waals surface area contributed by atoms with Gasteiger partial charge in [0, 0.05) is 0 Å². The maximum atomic E-state index is 2.35. The lowest BCUT2D eigenvalue weighted by Gasteiger charge is -1.98. The number of hydrogen-bond acceptors (Lipinski definition) is 0. The molecule has 0 aromatic heterocycles. The predicted octanol–water partition coefficient (Wildman–Crippen LogP) is 6.99. The number of rotatable bonds is 13. The van der Waals surface area contributed by atoms with Gasteiger partial charge in [-0.05, 0) is 32.1 Å². The molecule has 0 aliphatic heterocycles. The minimum absolute atomic E-state index is 1.08. The molecule has 19 heavy (non-hydrogen) atoms. The summed E-state index contributed by atoms with van der Waals surface area (Å²) in [7, 11) is 0. The van der Waals surface area contributed by atoms with Gasteiger partial charge in [-0.15, -0.1) is 0 Å². The monoisotopic (exact) mass is 262 g/mol. The van der Waals surface area contributed by atoms with Gasteiger partial charge in [0.15, 0.2) is 0 Å². The molecule has 0 saturated carbocycles. The van der Waals surface area contributed by atoms with Gasteiger partial charge < -0.3 is 0 Å². The van der Waals surface area contributed by atoms with E-state index in [1.807, 2.05) is 0 Å². The van der Waals surface area contributed by atoms with Crippen molar-refractivity contribution in [3.8, 4) is 0 Å². The van der Waals surface area contributed by atoms with Crippen LogP contribution < -0.4 is 0 Å². The Labute approximate surface area is 121 Å². The fourth-order valence-corrected chi connectivity index (χ4v) is 2.05. The summed E-state index contributed by atoms with van der Waals surface area (Å²) in [6.45, 7) is 4.45. The summed E-state index contributed by atoms with van der Waals surface area (Å²) in [5.74, 6) is 0. The van der Waals surface area contributed by atoms with E-state index in [9.17, 15) is 0 Å². The zero-order chi connectivity index (χ0) is 14.0. The van der Waals surface area contributed by atoms with E-state index in [1.54, 1.807) is 0 Å². The normalized spacial score (nSPS) is 12.3. The van der Waals surface area contributed by atoms with Crippen molar-refractivity contribution in [2.45, 2.75) is 84.5 Å². The first-order valence-corrected chi connectivity index (χ1v) is 8.36. The molecule has 0 spiro atoms. The molecular weight excluding hydrogens is 228 g/mol. The third-order valence-corrected chi connectivity index (χ3v) is 3.25. The van der Waals surface area contributed by atoms with Crippen LogP contribution in [0.5, 0.6) is 0 Å². The van der Waals surface area contributed by atoms with Gasteiger partial charge in [-0.1, -0.05) is 88.8 Å². The number of unbranched alkanes of at least 4 members (excludes halogenated alkanes) is 7. The van der Waals surface area contributed by atoms with Crippen molar-refractivity contribution < 1.29 is 0 Å². The smallest absolute Gasteiger partial charge is 0.0169 e. The first-order valence-electron chi connectivity index (χ1n) is 8.36. The quantitative estimate of drug-likeness (QED) is 0.248. The third kappa shape index (κ3) is 17.2. The lowest BCUT2D eigenvalue weighted by molar-refractivity contribution is 0.592. The van der Waals surface area contributed by atoms with Crippen molar-refractivity contribution in [2.75, 3.05) is 0 Å². The molecule has 0 aromatic rings. The van der Waals surface area contributed by atoms with E-state index in [-0.39, 0.29) is 0 Å². The van der Waals surface area contributed by atoms with Crippen molar-refractivity contribution in [1.29, 1.82) is 0 Å². The number of allylic oxidation sites excluding steroid dienone is 6. The summed E-state index contributed by atoms with van der Waals surface area (Å²) in [6, 6.07) is 0. The first-order chi connectivity index (χ1) is 9.41. The molecule has 0 saturated heterocycles. The molecule has 0 radical (unpaired) electrons. The van der Waals surface area contributed by atoms with Gasteiger partial charge >= 0.3 is 0 Å². The van der Waals surface area contributed by atoms with Crippen LogP contribution in [0.25, 0.3) is 0 Å². The molecule has 0 nitrogen and oxygen atoms in total. The van der Waals surface area contributed by atoms with Crippen molar-refractivity contribution in [1.82, 2.24) is 0 Å². The molecule has 0 aliphatic carbocycles. The van der Waals surface area contributed by atoms with Crippen LogP contribution in [-0.2, 0) is 0 Å². The van der Waals surface area contributed by atoms with Crippen LogP contribution in [-0.4, -0.2) is 0 Å². The summed E-state index contributed by atoms with van der Waals surface area (Å²) in [4.78, 5) is 0. The molecule has 0 aromatic carbocycles. The van der Waals surface area contributed by atoms with Crippen LogP contribution in [0.4, 0.5) is 0 Å².